The van der Waals surface area contributed by atoms with Gasteiger partial charge in [-0.05, 0) is 53.4 Å². The number of hydrogen-bond donors (Lipinski definition) is 2. The molecule has 2 nitrogen and oxygen atoms in total. The maximum absolute atomic E-state index is 13.6. The van der Waals surface area contributed by atoms with Gasteiger partial charge in [0.1, 0.15) is 11.6 Å². The minimum atomic E-state index is -1.08. The highest BCUT2D eigenvalue weighted by Gasteiger charge is 2.34. The predicted octanol–water partition coefficient (Wildman–Crippen LogP) is 3.69. The summed E-state index contributed by atoms with van der Waals surface area (Å²) in [6.07, 6.45) is 3.65. The van der Waals surface area contributed by atoms with Crippen molar-refractivity contribution in [2.45, 2.75) is 12.5 Å². The lowest BCUT2D eigenvalue weighted by atomic mass is 9.82. The molecular formula is C16H13F2NO. The molecule has 1 aliphatic carbocycles. The lowest BCUT2D eigenvalue weighted by Crippen LogP contribution is -2.39. The molecule has 102 valence electrons. The van der Waals surface area contributed by atoms with E-state index in [0.717, 1.165) is 11.1 Å². The largest absolute Gasteiger partial charge is 0.316 e. The van der Waals surface area contributed by atoms with E-state index < -0.39 is 17.2 Å². The summed E-state index contributed by atoms with van der Waals surface area (Å²) in [6.45, 7) is 1.69. The van der Waals surface area contributed by atoms with Gasteiger partial charge in [-0.15, -0.1) is 0 Å². The van der Waals surface area contributed by atoms with E-state index in [-0.39, 0.29) is 0 Å². The van der Waals surface area contributed by atoms with Crippen LogP contribution in [0.2, 0.25) is 0 Å². The van der Waals surface area contributed by atoms with Crippen molar-refractivity contribution in [2.24, 2.45) is 0 Å². The second-order valence-electron chi connectivity index (χ2n) is 5.03. The zero-order valence-corrected chi connectivity index (χ0v) is 10.8. The summed E-state index contributed by atoms with van der Waals surface area (Å²) in [5.41, 5.74) is 3.78. The molecule has 0 amide bonds. The van der Waals surface area contributed by atoms with Crippen LogP contribution in [-0.4, -0.2) is 5.21 Å². The van der Waals surface area contributed by atoms with Crippen molar-refractivity contribution >= 4 is 12.2 Å². The second-order valence-corrected chi connectivity index (χ2v) is 5.03. The Morgan fingerprint density at radius 1 is 0.900 bits per heavy atom. The molecule has 0 aliphatic heterocycles. The third-order valence-corrected chi connectivity index (χ3v) is 3.77. The first-order valence-corrected chi connectivity index (χ1v) is 6.24. The molecule has 0 heterocycles. The first kappa shape index (κ1) is 13.0. The second kappa shape index (κ2) is 4.51. The van der Waals surface area contributed by atoms with Crippen LogP contribution in [0.25, 0.3) is 12.2 Å². The van der Waals surface area contributed by atoms with E-state index in [4.69, 9.17) is 0 Å². The number of nitrogens with one attached hydrogen (secondary N) is 1. The van der Waals surface area contributed by atoms with Gasteiger partial charge in [-0.2, -0.15) is 5.48 Å². The Bertz CT molecular complexity index is 654. The van der Waals surface area contributed by atoms with E-state index in [1.54, 1.807) is 19.1 Å². The number of benzene rings is 2. The summed E-state index contributed by atoms with van der Waals surface area (Å²) < 4.78 is 27.1. The van der Waals surface area contributed by atoms with Crippen LogP contribution in [0.4, 0.5) is 8.78 Å². The number of rotatable bonds is 1. The molecule has 2 aromatic carbocycles. The Morgan fingerprint density at radius 2 is 1.35 bits per heavy atom. The zero-order chi connectivity index (χ0) is 14.3. The van der Waals surface area contributed by atoms with E-state index in [2.05, 4.69) is 5.48 Å². The highest BCUT2D eigenvalue weighted by Crippen LogP contribution is 2.38. The van der Waals surface area contributed by atoms with Gasteiger partial charge in [-0.1, -0.05) is 24.3 Å². The van der Waals surface area contributed by atoms with Crippen LogP contribution >= 0.6 is 0 Å². The summed E-state index contributed by atoms with van der Waals surface area (Å²) >= 11 is 0. The number of hydrogen-bond acceptors (Lipinski definition) is 2. The minimum Gasteiger partial charge on any atom is -0.316 e. The van der Waals surface area contributed by atoms with Crippen LogP contribution < -0.4 is 5.48 Å². The van der Waals surface area contributed by atoms with Gasteiger partial charge in [0.25, 0.3) is 0 Å². The smallest absolute Gasteiger partial charge is 0.123 e. The lowest BCUT2D eigenvalue weighted by Gasteiger charge is -2.31. The van der Waals surface area contributed by atoms with Crippen LogP contribution in [0.1, 0.15) is 29.2 Å². The number of hydroxylamine groups is 1. The number of fused-ring (bicyclic) bond motifs is 2. The van der Waals surface area contributed by atoms with E-state index in [9.17, 15) is 14.0 Å². The molecule has 1 aliphatic rings. The zero-order valence-electron chi connectivity index (χ0n) is 10.8. The van der Waals surface area contributed by atoms with E-state index in [0.29, 0.717) is 11.1 Å². The van der Waals surface area contributed by atoms with Gasteiger partial charge in [0.2, 0.25) is 0 Å². The fraction of sp³-hybridized carbons (Fsp3) is 0.125. The van der Waals surface area contributed by atoms with E-state index in [1.807, 2.05) is 12.2 Å². The first-order valence-electron chi connectivity index (χ1n) is 6.24. The molecule has 0 fully saturated rings. The molecular weight excluding hydrogens is 260 g/mol. The van der Waals surface area contributed by atoms with Crippen molar-refractivity contribution in [1.29, 1.82) is 0 Å². The van der Waals surface area contributed by atoms with Crippen molar-refractivity contribution in [3.63, 3.8) is 0 Å². The van der Waals surface area contributed by atoms with Gasteiger partial charge in [-0.25, -0.2) is 8.78 Å². The molecule has 2 N–H and O–H groups in total. The monoisotopic (exact) mass is 273 g/mol. The summed E-state index contributed by atoms with van der Waals surface area (Å²) in [7, 11) is 0. The highest BCUT2D eigenvalue weighted by atomic mass is 19.1. The fourth-order valence-corrected chi connectivity index (χ4v) is 2.66. The Hall–Kier alpha value is -2.04. The van der Waals surface area contributed by atoms with Gasteiger partial charge < -0.3 is 5.21 Å². The third kappa shape index (κ3) is 1.85. The summed E-state index contributed by atoms with van der Waals surface area (Å²) in [6, 6.07) is 8.69. The van der Waals surface area contributed by atoms with Gasteiger partial charge >= 0.3 is 0 Å². The van der Waals surface area contributed by atoms with Gasteiger partial charge in [0, 0.05) is 0 Å². The molecule has 3 rings (SSSR count). The van der Waals surface area contributed by atoms with Gasteiger partial charge in [0.15, 0.2) is 0 Å². The Labute approximate surface area is 115 Å². The molecule has 0 spiro atoms. The SMILES string of the molecule is CC1(NO)c2cc(F)ccc2C=Cc2ccc(F)cc21. The fourth-order valence-electron chi connectivity index (χ4n) is 2.66. The molecule has 0 saturated carbocycles. The molecule has 20 heavy (non-hydrogen) atoms. The normalized spacial score (nSPS) is 15.4. The molecule has 0 aromatic heterocycles. The van der Waals surface area contributed by atoms with E-state index >= 15 is 0 Å². The Morgan fingerprint density at radius 3 is 1.75 bits per heavy atom. The Balaban J connectivity index is 2.36. The van der Waals surface area contributed by atoms with Crippen LogP contribution in [0.5, 0.6) is 0 Å². The average Bonchev–Trinajstić information content (AvgIpc) is 2.56. The molecule has 0 unspecified atom stereocenters. The maximum Gasteiger partial charge on any atom is 0.123 e. The van der Waals surface area contributed by atoms with E-state index in [1.165, 1.54) is 24.3 Å². The molecule has 0 atom stereocenters. The summed E-state index contributed by atoms with van der Waals surface area (Å²) in [5, 5.41) is 9.63. The third-order valence-electron chi connectivity index (χ3n) is 3.77. The molecule has 0 radical (unpaired) electrons. The first-order chi connectivity index (χ1) is 9.54. The minimum absolute atomic E-state index is 0.404. The van der Waals surface area contributed by atoms with Gasteiger partial charge in [0.05, 0.1) is 5.54 Å². The molecule has 2 aromatic rings. The van der Waals surface area contributed by atoms with Crippen LogP contribution in [0, 0.1) is 11.6 Å². The highest BCUT2D eigenvalue weighted by molar-refractivity contribution is 5.77. The van der Waals surface area contributed by atoms with Crippen molar-refractivity contribution in [3.8, 4) is 0 Å². The maximum atomic E-state index is 13.6. The van der Waals surface area contributed by atoms with Crippen molar-refractivity contribution < 1.29 is 14.0 Å². The molecule has 4 heteroatoms. The van der Waals surface area contributed by atoms with Crippen molar-refractivity contribution in [2.75, 3.05) is 0 Å². The summed E-state index contributed by atoms with van der Waals surface area (Å²) in [5.74, 6) is -0.808. The standard InChI is InChI=1S/C16H13F2NO/c1-16(19-20)14-8-12(17)6-4-10(14)2-3-11-5-7-13(18)9-15(11)16/h2-9,19-20H,1H3. The van der Waals surface area contributed by atoms with Crippen LogP contribution in [0.3, 0.4) is 0 Å². The molecule has 0 bridgehead atoms. The predicted molar refractivity (Wildman–Crippen MR) is 73.1 cm³/mol. The Kier molecular flexibility index (Phi) is 2.92. The number of halogens is 2. The average molecular weight is 273 g/mol. The quantitative estimate of drug-likeness (QED) is 0.777. The molecule has 0 saturated heterocycles. The van der Waals surface area contributed by atoms with Crippen LogP contribution in [0.15, 0.2) is 36.4 Å². The van der Waals surface area contributed by atoms with Crippen LogP contribution in [-0.2, 0) is 5.54 Å². The van der Waals surface area contributed by atoms with Crippen molar-refractivity contribution in [1.82, 2.24) is 5.48 Å². The van der Waals surface area contributed by atoms with Gasteiger partial charge in [-0.3, -0.25) is 0 Å². The topological polar surface area (TPSA) is 32.3 Å². The lowest BCUT2D eigenvalue weighted by molar-refractivity contribution is 0.0918. The van der Waals surface area contributed by atoms with Crippen molar-refractivity contribution in [3.05, 3.63) is 70.3 Å². The summed E-state index contributed by atoms with van der Waals surface area (Å²) in [4.78, 5) is 0.